The molecule has 0 aliphatic heterocycles. The maximum absolute atomic E-state index is 11.6. The summed E-state index contributed by atoms with van der Waals surface area (Å²) in [5.74, 6) is -2.04. The smallest absolute Gasteiger partial charge is 0.335 e. The van der Waals surface area contributed by atoms with Crippen molar-refractivity contribution in [2.75, 3.05) is 0 Å². The van der Waals surface area contributed by atoms with Crippen LogP contribution < -0.4 is 10.9 Å². The van der Waals surface area contributed by atoms with Crippen molar-refractivity contribution in [3.05, 3.63) is 80.1 Å². The number of aromatic nitrogens is 2. The SMILES string of the molecule is Cc1c(O)c(=O)ccn1-c1cc(C(=O)O)cc(-n2ccc(=O)c(O)c2C)c1. The van der Waals surface area contributed by atoms with Gasteiger partial charge < -0.3 is 24.5 Å². The molecule has 2 aromatic heterocycles. The average Bonchev–Trinajstić information content (AvgIpc) is 2.64. The van der Waals surface area contributed by atoms with Crippen molar-refractivity contribution < 1.29 is 20.1 Å². The van der Waals surface area contributed by atoms with E-state index < -0.39 is 28.3 Å². The molecule has 0 saturated heterocycles. The zero-order chi connectivity index (χ0) is 19.9. The van der Waals surface area contributed by atoms with E-state index >= 15 is 0 Å². The van der Waals surface area contributed by atoms with Gasteiger partial charge in [0.05, 0.1) is 17.0 Å². The van der Waals surface area contributed by atoms with E-state index in [9.17, 15) is 29.7 Å². The van der Waals surface area contributed by atoms with Crippen LogP contribution in [0.3, 0.4) is 0 Å². The quantitative estimate of drug-likeness (QED) is 0.647. The lowest BCUT2D eigenvalue weighted by Crippen LogP contribution is -2.12. The highest BCUT2D eigenvalue weighted by atomic mass is 16.4. The fourth-order valence-electron chi connectivity index (χ4n) is 2.81. The summed E-state index contributed by atoms with van der Waals surface area (Å²) in [6, 6.07) is 6.74. The van der Waals surface area contributed by atoms with E-state index in [2.05, 4.69) is 0 Å². The van der Waals surface area contributed by atoms with Gasteiger partial charge in [-0.15, -0.1) is 0 Å². The Morgan fingerprint density at radius 3 is 1.59 bits per heavy atom. The molecule has 0 bridgehead atoms. The molecule has 1 aromatic carbocycles. The first kappa shape index (κ1) is 18.0. The number of aromatic hydroxyl groups is 2. The Kier molecular flexibility index (Phi) is 4.32. The first-order valence-electron chi connectivity index (χ1n) is 7.92. The Bertz CT molecular complexity index is 1110. The van der Waals surface area contributed by atoms with Gasteiger partial charge in [-0.1, -0.05) is 0 Å². The van der Waals surface area contributed by atoms with E-state index in [1.165, 1.54) is 59.6 Å². The molecule has 0 amide bonds. The van der Waals surface area contributed by atoms with Crippen LogP contribution in [0.4, 0.5) is 0 Å². The molecule has 8 heteroatoms. The fraction of sp³-hybridized carbons (Fsp3) is 0.105. The molecule has 0 atom stereocenters. The predicted octanol–water partition coefficient (Wildman–Crippen LogP) is 1.71. The molecule has 138 valence electrons. The van der Waals surface area contributed by atoms with E-state index in [-0.39, 0.29) is 17.0 Å². The third kappa shape index (κ3) is 3.08. The molecule has 0 unspecified atom stereocenters. The second-order valence-corrected chi connectivity index (χ2v) is 6.01. The van der Waals surface area contributed by atoms with Crippen molar-refractivity contribution in [1.82, 2.24) is 9.13 Å². The minimum Gasteiger partial charge on any atom is -0.503 e. The largest absolute Gasteiger partial charge is 0.503 e. The van der Waals surface area contributed by atoms with Crippen LogP contribution in [0.1, 0.15) is 21.7 Å². The number of benzene rings is 1. The number of aromatic carboxylic acids is 1. The predicted molar refractivity (Wildman–Crippen MR) is 97.4 cm³/mol. The van der Waals surface area contributed by atoms with E-state index in [1.54, 1.807) is 6.07 Å². The summed E-state index contributed by atoms with van der Waals surface area (Å²) in [5, 5.41) is 29.2. The van der Waals surface area contributed by atoms with Crippen molar-refractivity contribution in [2.24, 2.45) is 0 Å². The van der Waals surface area contributed by atoms with Gasteiger partial charge in [-0.3, -0.25) is 9.59 Å². The number of hydrogen-bond acceptors (Lipinski definition) is 5. The second-order valence-electron chi connectivity index (χ2n) is 6.01. The van der Waals surface area contributed by atoms with Gasteiger partial charge in [0.25, 0.3) is 0 Å². The van der Waals surface area contributed by atoms with Crippen molar-refractivity contribution in [3.8, 4) is 22.9 Å². The maximum Gasteiger partial charge on any atom is 0.335 e. The Morgan fingerprint density at radius 2 is 1.22 bits per heavy atom. The van der Waals surface area contributed by atoms with Gasteiger partial charge >= 0.3 is 5.97 Å². The Labute approximate surface area is 152 Å². The van der Waals surface area contributed by atoms with Gasteiger partial charge in [-0.25, -0.2) is 4.79 Å². The highest BCUT2D eigenvalue weighted by Crippen LogP contribution is 2.23. The standard InChI is InChI=1S/C19H16N2O6/c1-10-17(24)15(22)3-5-20(10)13-7-12(19(26)27)8-14(9-13)21-6-4-16(23)18(25)11(21)2/h3-9,24-25H,1-2H3,(H,26,27). The number of hydrogen-bond donors (Lipinski definition) is 3. The molecule has 3 rings (SSSR count). The lowest BCUT2D eigenvalue weighted by molar-refractivity contribution is 0.0697. The number of carboxylic acids is 1. The van der Waals surface area contributed by atoms with Gasteiger partial charge in [0.2, 0.25) is 10.9 Å². The number of carboxylic acid groups (broad SMARTS) is 1. The Morgan fingerprint density at radius 1 is 0.815 bits per heavy atom. The summed E-state index contributed by atoms with van der Waals surface area (Å²) in [5.41, 5.74) is 0.133. The molecule has 3 aromatic rings. The van der Waals surface area contributed by atoms with Crippen LogP contribution >= 0.6 is 0 Å². The summed E-state index contributed by atoms with van der Waals surface area (Å²) in [6.07, 6.45) is 2.86. The van der Waals surface area contributed by atoms with Crippen LogP contribution in [0, 0.1) is 13.8 Å². The minimum atomic E-state index is -1.18. The summed E-state index contributed by atoms with van der Waals surface area (Å²) in [6.45, 7) is 3.06. The first-order chi connectivity index (χ1) is 12.7. The first-order valence-corrected chi connectivity index (χ1v) is 7.92. The number of nitrogens with zero attached hydrogens (tertiary/aromatic N) is 2. The van der Waals surface area contributed by atoms with Crippen LogP contribution in [-0.4, -0.2) is 30.4 Å². The summed E-state index contributed by atoms with van der Waals surface area (Å²) in [7, 11) is 0. The molecule has 0 radical (unpaired) electrons. The van der Waals surface area contributed by atoms with E-state index in [0.29, 0.717) is 11.4 Å². The zero-order valence-electron chi connectivity index (χ0n) is 14.5. The number of rotatable bonds is 3. The molecule has 8 nitrogen and oxygen atoms in total. The number of carbonyl (C=O) groups is 1. The van der Waals surface area contributed by atoms with Gasteiger partial charge in [0, 0.05) is 35.9 Å². The van der Waals surface area contributed by atoms with Crippen LogP contribution in [0.2, 0.25) is 0 Å². The van der Waals surface area contributed by atoms with Crippen molar-refractivity contribution >= 4 is 5.97 Å². The van der Waals surface area contributed by atoms with E-state index in [0.717, 1.165) is 0 Å². The van der Waals surface area contributed by atoms with Crippen molar-refractivity contribution in [2.45, 2.75) is 13.8 Å². The summed E-state index contributed by atoms with van der Waals surface area (Å²) >= 11 is 0. The van der Waals surface area contributed by atoms with Crippen LogP contribution in [0.25, 0.3) is 11.4 Å². The van der Waals surface area contributed by atoms with Crippen LogP contribution in [0.15, 0.2) is 52.3 Å². The summed E-state index contributed by atoms with van der Waals surface area (Å²) in [4.78, 5) is 34.7. The third-order valence-electron chi connectivity index (χ3n) is 4.33. The minimum absolute atomic E-state index is 0.0438. The fourth-order valence-corrected chi connectivity index (χ4v) is 2.81. The highest BCUT2D eigenvalue weighted by Gasteiger charge is 2.14. The van der Waals surface area contributed by atoms with Crippen molar-refractivity contribution in [1.29, 1.82) is 0 Å². The molecule has 0 aliphatic rings. The Balaban J connectivity index is 2.32. The lowest BCUT2D eigenvalue weighted by atomic mass is 10.1. The van der Waals surface area contributed by atoms with Gasteiger partial charge in [-0.2, -0.15) is 0 Å². The van der Waals surface area contributed by atoms with E-state index in [4.69, 9.17) is 0 Å². The normalized spacial score (nSPS) is 10.7. The topological polar surface area (TPSA) is 122 Å². The van der Waals surface area contributed by atoms with Crippen LogP contribution in [-0.2, 0) is 0 Å². The van der Waals surface area contributed by atoms with Crippen LogP contribution in [0.5, 0.6) is 11.5 Å². The number of pyridine rings is 2. The highest BCUT2D eigenvalue weighted by molar-refractivity contribution is 5.89. The molecule has 0 aliphatic carbocycles. The van der Waals surface area contributed by atoms with Gasteiger partial charge in [0.15, 0.2) is 11.5 Å². The third-order valence-corrected chi connectivity index (χ3v) is 4.33. The molecule has 27 heavy (non-hydrogen) atoms. The average molecular weight is 368 g/mol. The Hall–Kier alpha value is -3.81. The monoisotopic (exact) mass is 368 g/mol. The second kappa shape index (κ2) is 6.49. The molecular formula is C19H16N2O6. The molecule has 0 spiro atoms. The summed E-state index contributed by atoms with van der Waals surface area (Å²) < 4.78 is 2.95. The van der Waals surface area contributed by atoms with Crippen molar-refractivity contribution in [3.63, 3.8) is 0 Å². The molecule has 0 saturated carbocycles. The molecule has 3 N–H and O–H groups in total. The van der Waals surface area contributed by atoms with Gasteiger partial charge in [-0.05, 0) is 32.0 Å². The molecule has 2 heterocycles. The maximum atomic E-state index is 11.6. The van der Waals surface area contributed by atoms with E-state index in [1.807, 2.05) is 0 Å². The zero-order valence-corrected chi connectivity index (χ0v) is 14.5. The molecular weight excluding hydrogens is 352 g/mol. The lowest BCUT2D eigenvalue weighted by Gasteiger charge is -2.17. The van der Waals surface area contributed by atoms with Gasteiger partial charge in [0.1, 0.15) is 0 Å². The molecule has 0 fully saturated rings.